The number of nitrogens with zero attached hydrogens (tertiary/aromatic N) is 1. The standard InChI is InChI=1S/C28H38Cl2N6O5S2/c1-43(39,40)35-23(6-2-17-8-10-33-11-9-17)28(38)36-15-20(41-16-18-3-4-19(29)12-22(18)30)13-24(36)27(37)34-14-21-5-7-25(42-21)26(31)32/h3-5,7,12,17,20,23-24,33,35H,2,6,8-11,13-16H2,1H3,(H3,31,32)(H,34,37)/t20-,23-,24+/m1/s1. The van der Waals surface area contributed by atoms with Crippen molar-refractivity contribution in [3.63, 3.8) is 0 Å². The van der Waals surface area contributed by atoms with E-state index in [9.17, 15) is 18.0 Å². The predicted molar refractivity (Wildman–Crippen MR) is 169 cm³/mol. The number of likely N-dealkylation sites (tertiary alicyclic amines) is 1. The second-order valence-electron chi connectivity index (χ2n) is 11.0. The third-order valence-corrected chi connectivity index (χ3v) is 10.1. The Hall–Kier alpha value is -2.26. The molecule has 3 heterocycles. The fourth-order valence-electron chi connectivity index (χ4n) is 5.43. The molecule has 0 unspecified atom stereocenters. The van der Waals surface area contributed by atoms with Crippen LogP contribution in [-0.2, 0) is 37.5 Å². The molecule has 236 valence electrons. The van der Waals surface area contributed by atoms with Crippen LogP contribution in [0.25, 0.3) is 0 Å². The van der Waals surface area contributed by atoms with Crippen LogP contribution >= 0.6 is 34.5 Å². The Labute approximate surface area is 266 Å². The van der Waals surface area contributed by atoms with Crippen molar-refractivity contribution in [1.29, 1.82) is 5.41 Å². The number of piperidine rings is 1. The summed E-state index contributed by atoms with van der Waals surface area (Å²) in [5.41, 5.74) is 6.28. The lowest BCUT2D eigenvalue weighted by molar-refractivity contribution is -0.140. The van der Waals surface area contributed by atoms with E-state index in [1.54, 1.807) is 30.3 Å². The maximum absolute atomic E-state index is 14.0. The number of hydrogen-bond acceptors (Lipinski definition) is 8. The van der Waals surface area contributed by atoms with Gasteiger partial charge in [0.1, 0.15) is 17.9 Å². The Bertz CT molecular complexity index is 1420. The van der Waals surface area contributed by atoms with E-state index in [4.69, 9.17) is 39.1 Å². The van der Waals surface area contributed by atoms with Gasteiger partial charge in [-0.15, -0.1) is 11.3 Å². The second-order valence-corrected chi connectivity index (χ2v) is 14.8. The summed E-state index contributed by atoms with van der Waals surface area (Å²) in [7, 11) is -3.70. The van der Waals surface area contributed by atoms with Crippen molar-refractivity contribution in [2.45, 2.75) is 63.4 Å². The quantitative estimate of drug-likeness (QED) is 0.161. The molecule has 6 N–H and O–H groups in total. The Morgan fingerprint density at radius 1 is 1.23 bits per heavy atom. The molecule has 1 aromatic heterocycles. The highest BCUT2D eigenvalue weighted by molar-refractivity contribution is 7.88. The van der Waals surface area contributed by atoms with Gasteiger partial charge in [0.05, 0.1) is 30.4 Å². The van der Waals surface area contributed by atoms with Gasteiger partial charge in [0.25, 0.3) is 0 Å². The van der Waals surface area contributed by atoms with E-state index in [-0.39, 0.29) is 37.9 Å². The number of carbonyl (C=O) groups is 2. The molecule has 0 spiro atoms. The molecule has 2 aliphatic heterocycles. The fraction of sp³-hybridized carbons (Fsp3) is 0.536. The summed E-state index contributed by atoms with van der Waals surface area (Å²) in [5, 5.41) is 14.8. The van der Waals surface area contributed by atoms with E-state index in [2.05, 4.69) is 15.4 Å². The molecule has 0 aliphatic carbocycles. The monoisotopic (exact) mass is 672 g/mol. The molecule has 2 amide bonds. The predicted octanol–water partition coefficient (Wildman–Crippen LogP) is 2.84. The third kappa shape index (κ3) is 9.87. The lowest BCUT2D eigenvalue weighted by Crippen LogP contribution is -2.53. The fourth-order valence-corrected chi connectivity index (χ4v) is 7.44. The van der Waals surface area contributed by atoms with Crippen molar-refractivity contribution >= 4 is 62.2 Å². The lowest BCUT2D eigenvalue weighted by atomic mass is 9.91. The Kier molecular flexibility index (Phi) is 11.8. The van der Waals surface area contributed by atoms with Crippen LogP contribution in [-0.4, -0.2) is 75.0 Å². The van der Waals surface area contributed by atoms with Crippen LogP contribution in [0, 0.1) is 11.3 Å². The SMILES string of the molecule is CS(=O)(=O)N[C@H](CCC1CCNCC1)C(=O)N1C[C@H](OCc2ccc(Cl)cc2Cl)C[C@H]1C(=O)NCc1ccc(C(=N)N)s1. The molecule has 43 heavy (non-hydrogen) atoms. The molecule has 2 aliphatic rings. The molecule has 2 fully saturated rings. The van der Waals surface area contributed by atoms with Crippen LogP contribution in [0.15, 0.2) is 30.3 Å². The number of amides is 2. The van der Waals surface area contributed by atoms with Gasteiger partial charge in [-0.05, 0) is 74.5 Å². The third-order valence-electron chi connectivity index (χ3n) is 7.68. The molecular weight excluding hydrogens is 635 g/mol. The minimum Gasteiger partial charge on any atom is -0.383 e. The van der Waals surface area contributed by atoms with Crippen LogP contribution in [0.2, 0.25) is 10.0 Å². The van der Waals surface area contributed by atoms with Crippen LogP contribution in [0.4, 0.5) is 0 Å². The number of thiophene rings is 1. The van der Waals surface area contributed by atoms with Gasteiger partial charge in [0.15, 0.2) is 0 Å². The van der Waals surface area contributed by atoms with Crippen molar-refractivity contribution in [2.75, 3.05) is 25.9 Å². The van der Waals surface area contributed by atoms with E-state index >= 15 is 0 Å². The van der Waals surface area contributed by atoms with E-state index in [1.807, 2.05) is 0 Å². The van der Waals surface area contributed by atoms with Gasteiger partial charge in [-0.1, -0.05) is 29.3 Å². The highest BCUT2D eigenvalue weighted by atomic mass is 35.5. The van der Waals surface area contributed by atoms with E-state index in [1.165, 1.54) is 16.2 Å². The molecular formula is C28H38Cl2N6O5S2. The van der Waals surface area contributed by atoms with Crippen molar-refractivity contribution in [2.24, 2.45) is 11.7 Å². The minimum absolute atomic E-state index is 0.0511. The zero-order chi connectivity index (χ0) is 31.1. The summed E-state index contributed by atoms with van der Waals surface area (Å²) in [6, 6.07) is 6.72. The first kappa shape index (κ1) is 33.6. The second kappa shape index (κ2) is 15.2. The first-order valence-corrected chi connectivity index (χ1v) is 17.6. The smallest absolute Gasteiger partial charge is 0.243 e. The molecule has 4 rings (SSSR count). The van der Waals surface area contributed by atoms with Crippen molar-refractivity contribution in [1.82, 2.24) is 20.3 Å². The van der Waals surface area contributed by atoms with Gasteiger partial charge >= 0.3 is 0 Å². The number of rotatable bonds is 13. The summed E-state index contributed by atoms with van der Waals surface area (Å²) in [6.07, 6.45) is 3.72. The van der Waals surface area contributed by atoms with Gasteiger partial charge in [-0.3, -0.25) is 15.0 Å². The maximum Gasteiger partial charge on any atom is 0.243 e. The molecule has 0 bridgehead atoms. The molecule has 2 saturated heterocycles. The minimum atomic E-state index is -3.70. The van der Waals surface area contributed by atoms with Crippen molar-refractivity contribution in [3.8, 4) is 0 Å². The van der Waals surface area contributed by atoms with Gasteiger partial charge < -0.3 is 26.0 Å². The Morgan fingerprint density at radius 2 is 1.98 bits per heavy atom. The van der Waals surface area contributed by atoms with E-state index < -0.39 is 34.1 Å². The first-order chi connectivity index (χ1) is 20.4. The number of nitrogens with two attached hydrogens (primary N) is 1. The molecule has 0 saturated carbocycles. The number of hydrogen-bond donors (Lipinski definition) is 5. The zero-order valence-electron chi connectivity index (χ0n) is 23.9. The average molecular weight is 674 g/mol. The van der Waals surface area contributed by atoms with Gasteiger partial charge in [0.2, 0.25) is 21.8 Å². The number of halogens is 2. The molecule has 0 radical (unpaired) electrons. The van der Waals surface area contributed by atoms with Gasteiger partial charge in [-0.2, -0.15) is 0 Å². The highest BCUT2D eigenvalue weighted by Crippen LogP contribution is 2.28. The number of benzene rings is 1. The summed E-state index contributed by atoms with van der Waals surface area (Å²) >= 11 is 13.6. The van der Waals surface area contributed by atoms with Crippen LogP contribution < -0.4 is 21.1 Å². The Balaban J connectivity index is 1.49. The molecule has 2 aromatic rings. The molecule has 15 heteroatoms. The lowest BCUT2D eigenvalue weighted by Gasteiger charge is -2.29. The van der Waals surface area contributed by atoms with Crippen LogP contribution in [0.5, 0.6) is 0 Å². The van der Waals surface area contributed by atoms with Gasteiger partial charge in [-0.25, -0.2) is 13.1 Å². The van der Waals surface area contributed by atoms with E-state index in [0.717, 1.165) is 42.6 Å². The number of sulfonamides is 1. The first-order valence-electron chi connectivity index (χ1n) is 14.1. The van der Waals surface area contributed by atoms with Crippen LogP contribution in [0.1, 0.15) is 47.4 Å². The topological polar surface area (TPSA) is 167 Å². The largest absolute Gasteiger partial charge is 0.383 e. The van der Waals surface area contributed by atoms with Crippen molar-refractivity contribution < 1.29 is 22.7 Å². The van der Waals surface area contributed by atoms with E-state index in [0.29, 0.717) is 33.7 Å². The number of amidine groups is 1. The molecule has 3 atom stereocenters. The van der Waals surface area contributed by atoms with Crippen molar-refractivity contribution in [3.05, 3.63) is 55.7 Å². The molecule has 1 aromatic carbocycles. The Morgan fingerprint density at radius 3 is 2.63 bits per heavy atom. The highest BCUT2D eigenvalue weighted by Gasteiger charge is 2.42. The number of nitrogens with one attached hydrogen (secondary N) is 4. The zero-order valence-corrected chi connectivity index (χ0v) is 27.1. The van der Waals surface area contributed by atoms with Gasteiger partial charge in [0, 0.05) is 27.9 Å². The summed E-state index contributed by atoms with van der Waals surface area (Å²) < 4.78 is 33.2. The van der Waals surface area contributed by atoms with Crippen LogP contribution in [0.3, 0.4) is 0 Å². The molecule has 11 nitrogen and oxygen atoms in total. The number of nitrogen functional groups attached to an aromatic ring is 1. The normalized spacial score (nSPS) is 20.2. The summed E-state index contributed by atoms with van der Waals surface area (Å²) in [4.78, 5) is 30.3. The number of ether oxygens (including phenoxy) is 1. The average Bonchev–Trinajstić information content (AvgIpc) is 3.61. The summed E-state index contributed by atoms with van der Waals surface area (Å²) in [5.74, 6) is -0.491. The number of carbonyl (C=O) groups excluding carboxylic acids is 2. The maximum atomic E-state index is 14.0. The summed E-state index contributed by atoms with van der Waals surface area (Å²) in [6.45, 7) is 2.26.